The number of likely N-dealkylation sites (tertiary alicyclic amines) is 1. The lowest BCUT2D eigenvalue weighted by Gasteiger charge is -2.35. The molecule has 0 aliphatic carbocycles. The number of nitrogens with one attached hydrogen (secondary N) is 1. The maximum atomic E-state index is 12.4. The van der Waals surface area contributed by atoms with Crippen molar-refractivity contribution < 1.29 is 4.79 Å². The van der Waals surface area contributed by atoms with Gasteiger partial charge in [0.25, 0.3) is 5.91 Å². The van der Waals surface area contributed by atoms with Crippen LogP contribution in [0.2, 0.25) is 0 Å². The lowest BCUT2D eigenvalue weighted by molar-refractivity contribution is 0.0650. The van der Waals surface area contributed by atoms with Crippen LogP contribution >= 0.6 is 0 Å². The van der Waals surface area contributed by atoms with E-state index in [-0.39, 0.29) is 5.91 Å². The molecular formula is C14H20N4O. The van der Waals surface area contributed by atoms with E-state index in [0.29, 0.717) is 17.5 Å². The Bertz CT molecular complexity index is 430. The predicted octanol–water partition coefficient (Wildman–Crippen LogP) is 1.08. The van der Waals surface area contributed by atoms with Crippen molar-refractivity contribution in [3.05, 3.63) is 24.0 Å². The third kappa shape index (κ3) is 2.76. The molecule has 0 saturated carbocycles. The Kier molecular flexibility index (Phi) is 3.73. The first-order chi connectivity index (χ1) is 9.34. The van der Waals surface area contributed by atoms with Crippen LogP contribution in [0, 0.1) is 5.92 Å². The first kappa shape index (κ1) is 12.5. The summed E-state index contributed by atoms with van der Waals surface area (Å²) in [6, 6.07) is 2.35. The Morgan fingerprint density at radius 2 is 2.26 bits per heavy atom. The molecule has 2 unspecified atom stereocenters. The number of nitrogens with zero attached hydrogens (tertiary/aromatic N) is 3. The first-order valence-electron chi connectivity index (χ1n) is 7.14. The van der Waals surface area contributed by atoms with E-state index in [1.807, 2.05) is 4.90 Å². The van der Waals surface area contributed by atoms with Crippen molar-refractivity contribution in [2.24, 2.45) is 5.92 Å². The number of hydrogen-bond acceptors (Lipinski definition) is 4. The van der Waals surface area contributed by atoms with Gasteiger partial charge in [-0.3, -0.25) is 4.79 Å². The highest BCUT2D eigenvalue weighted by Crippen LogP contribution is 2.25. The molecule has 1 amide bonds. The molecule has 2 aliphatic rings. The van der Waals surface area contributed by atoms with E-state index in [4.69, 9.17) is 0 Å². The maximum Gasteiger partial charge on any atom is 0.255 e. The monoisotopic (exact) mass is 260 g/mol. The van der Waals surface area contributed by atoms with Gasteiger partial charge in [-0.15, -0.1) is 0 Å². The van der Waals surface area contributed by atoms with Crippen LogP contribution in [0.3, 0.4) is 0 Å². The topological polar surface area (TPSA) is 58.1 Å². The number of carbonyl (C=O) groups is 1. The van der Waals surface area contributed by atoms with Gasteiger partial charge in [0.1, 0.15) is 0 Å². The number of carbonyl (C=O) groups excluding carboxylic acids is 1. The zero-order valence-corrected chi connectivity index (χ0v) is 11.1. The summed E-state index contributed by atoms with van der Waals surface area (Å²) < 4.78 is 0. The summed E-state index contributed by atoms with van der Waals surface area (Å²) in [7, 11) is 0. The van der Waals surface area contributed by atoms with Gasteiger partial charge in [0.05, 0.1) is 18.0 Å². The highest BCUT2D eigenvalue weighted by Gasteiger charge is 2.31. The Hall–Kier alpha value is -1.49. The van der Waals surface area contributed by atoms with Crippen LogP contribution in [-0.2, 0) is 0 Å². The Labute approximate surface area is 113 Å². The summed E-state index contributed by atoms with van der Waals surface area (Å²) in [5.74, 6) is 0.701. The second-order valence-electron chi connectivity index (χ2n) is 5.49. The van der Waals surface area contributed by atoms with Crippen molar-refractivity contribution in [2.45, 2.75) is 31.7 Å². The SMILES string of the molecule is O=C(c1ccnnc1)N1CCCC(C2CCCN2)C1. The van der Waals surface area contributed by atoms with Gasteiger partial charge in [-0.05, 0) is 44.2 Å². The summed E-state index contributed by atoms with van der Waals surface area (Å²) in [6.07, 6.45) is 7.99. The largest absolute Gasteiger partial charge is 0.338 e. The number of rotatable bonds is 2. The van der Waals surface area contributed by atoms with E-state index in [2.05, 4.69) is 15.5 Å². The van der Waals surface area contributed by atoms with Gasteiger partial charge in [-0.1, -0.05) is 0 Å². The average molecular weight is 260 g/mol. The fourth-order valence-electron chi connectivity index (χ4n) is 3.24. The van der Waals surface area contributed by atoms with Crippen LogP contribution in [0.15, 0.2) is 18.5 Å². The lowest BCUT2D eigenvalue weighted by Crippen LogP contribution is -2.45. The second kappa shape index (κ2) is 5.65. The number of aromatic nitrogens is 2. The Balaban J connectivity index is 1.66. The van der Waals surface area contributed by atoms with Crippen LogP contribution in [-0.4, -0.2) is 46.7 Å². The summed E-state index contributed by atoms with van der Waals surface area (Å²) in [6.45, 7) is 2.87. The standard InChI is InChI=1S/C14H20N4O/c19-14(11-5-7-16-17-9-11)18-8-2-3-12(10-18)13-4-1-6-15-13/h5,7,9,12-13,15H,1-4,6,8,10H2. The molecule has 2 fully saturated rings. The van der Waals surface area contributed by atoms with E-state index in [1.165, 1.54) is 19.3 Å². The predicted molar refractivity (Wildman–Crippen MR) is 71.7 cm³/mol. The number of amides is 1. The third-order valence-corrected chi connectivity index (χ3v) is 4.24. The summed E-state index contributed by atoms with van der Waals surface area (Å²) in [4.78, 5) is 14.4. The van der Waals surface area contributed by atoms with E-state index >= 15 is 0 Å². The highest BCUT2D eigenvalue weighted by atomic mass is 16.2. The van der Waals surface area contributed by atoms with Crippen molar-refractivity contribution in [3.8, 4) is 0 Å². The maximum absolute atomic E-state index is 12.4. The first-order valence-corrected chi connectivity index (χ1v) is 7.14. The molecule has 5 heteroatoms. The Morgan fingerprint density at radius 1 is 1.32 bits per heavy atom. The highest BCUT2D eigenvalue weighted by molar-refractivity contribution is 5.93. The molecule has 2 saturated heterocycles. The number of piperidine rings is 1. The molecule has 5 nitrogen and oxygen atoms in total. The van der Waals surface area contributed by atoms with E-state index in [0.717, 1.165) is 26.1 Å². The third-order valence-electron chi connectivity index (χ3n) is 4.24. The molecule has 102 valence electrons. The van der Waals surface area contributed by atoms with Gasteiger partial charge >= 0.3 is 0 Å². The normalized spacial score (nSPS) is 27.5. The molecule has 3 rings (SSSR count). The van der Waals surface area contributed by atoms with Crippen molar-refractivity contribution in [3.63, 3.8) is 0 Å². The average Bonchev–Trinajstić information content (AvgIpc) is 3.02. The fraction of sp³-hybridized carbons (Fsp3) is 0.643. The van der Waals surface area contributed by atoms with Crippen molar-refractivity contribution in [2.75, 3.05) is 19.6 Å². The molecular weight excluding hydrogens is 240 g/mol. The molecule has 0 radical (unpaired) electrons. The minimum Gasteiger partial charge on any atom is -0.338 e. The van der Waals surface area contributed by atoms with Gasteiger partial charge < -0.3 is 10.2 Å². The smallest absolute Gasteiger partial charge is 0.255 e. The molecule has 1 aromatic rings. The Morgan fingerprint density at radius 3 is 3.00 bits per heavy atom. The quantitative estimate of drug-likeness (QED) is 0.864. The van der Waals surface area contributed by atoms with Crippen LogP contribution in [0.1, 0.15) is 36.0 Å². The molecule has 3 heterocycles. The van der Waals surface area contributed by atoms with Crippen molar-refractivity contribution in [1.82, 2.24) is 20.4 Å². The van der Waals surface area contributed by atoms with Gasteiger partial charge in [-0.2, -0.15) is 10.2 Å². The molecule has 1 aromatic heterocycles. The van der Waals surface area contributed by atoms with Gasteiger partial charge in [-0.25, -0.2) is 0 Å². The fourth-order valence-corrected chi connectivity index (χ4v) is 3.24. The minimum absolute atomic E-state index is 0.0950. The van der Waals surface area contributed by atoms with Crippen LogP contribution < -0.4 is 5.32 Å². The second-order valence-corrected chi connectivity index (χ2v) is 5.49. The van der Waals surface area contributed by atoms with Crippen LogP contribution in [0.25, 0.3) is 0 Å². The molecule has 0 spiro atoms. The van der Waals surface area contributed by atoms with Crippen LogP contribution in [0.5, 0.6) is 0 Å². The summed E-state index contributed by atoms with van der Waals surface area (Å²) in [5.41, 5.74) is 0.648. The zero-order chi connectivity index (χ0) is 13.1. The minimum atomic E-state index is 0.0950. The molecule has 19 heavy (non-hydrogen) atoms. The summed E-state index contributed by atoms with van der Waals surface area (Å²) >= 11 is 0. The molecule has 0 bridgehead atoms. The van der Waals surface area contributed by atoms with Crippen LogP contribution in [0.4, 0.5) is 0 Å². The lowest BCUT2D eigenvalue weighted by atomic mass is 9.89. The van der Waals surface area contributed by atoms with E-state index < -0.39 is 0 Å². The molecule has 1 N–H and O–H groups in total. The van der Waals surface area contributed by atoms with E-state index in [1.54, 1.807) is 18.5 Å². The molecule has 2 aliphatic heterocycles. The zero-order valence-electron chi connectivity index (χ0n) is 11.1. The van der Waals surface area contributed by atoms with Gasteiger partial charge in [0.15, 0.2) is 0 Å². The molecule has 2 atom stereocenters. The number of hydrogen-bond donors (Lipinski definition) is 1. The van der Waals surface area contributed by atoms with Gasteiger partial charge in [0.2, 0.25) is 0 Å². The van der Waals surface area contributed by atoms with Crippen molar-refractivity contribution >= 4 is 5.91 Å². The van der Waals surface area contributed by atoms with E-state index in [9.17, 15) is 4.79 Å². The van der Waals surface area contributed by atoms with Gasteiger partial charge in [0, 0.05) is 19.1 Å². The van der Waals surface area contributed by atoms with Crippen molar-refractivity contribution in [1.29, 1.82) is 0 Å². The molecule has 0 aromatic carbocycles. The summed E-state index contributed by atoms with van der Waals surface area (Å²) in [5, 5.41) is 11.1.